The third kappa shape index (κ3) is 3.36. The average Bonchev–Trinajstić information content (AvgIpc) is 3.20. The molecule has 0 spiro atoms. The number of hydrogen-bond donors (Lipinski definition) is 0. The molecule has 0 aliphatic carbocycles. The lowest BCUT2D eigenvalue weighted by Crippen LogP contribution is -2.12. The molecule has 0 bridgehead atoms. The van der Waals surface area contributed by atoms with E-state index in [9.17, 15) is 4.79 Å². The maximum Gasteiger partial charge on any atom is 0.263 e. The zero-order valence-corrected chi connectivity index (χ0v) is 16.9. The van der Waals surface area contributed by atoms with Gasteiger partial charge in [0.25, 0.3) is 5.89 Å². The maximum absolute atomic E-state index is 13.1. The van der Waals surface area contributed by atoms with E-state index in [0.717, 1.165) is 29.6 Å². The quantitative estimate of drug-likeness (QED) is 0.440. The minimum Gasteiger partial charge on any atom is -0.346 e. The molecule has 2 aromatic heterocycles. The first-order valence-electron chi connectivity index (χ1n) is 9.23. The Balaban J connectivity index is 1.83. The molecule has 4 aromatic rings. The third-order valence-electron chi connectivity index (χ3n) is 4.70. The van der Waals surface area contributed by atoms with Crippen LogP contribution in [0, 0.1) is 6.92 Å². The smallest absolute Gasteiger partial charge is 0.263 e. The van der Waals surface area contributed by atoms with E-state index in [1.807, 2.05) is 61.8 Å². The topological polar surface area (TPSA) is 60.9 Å². The van der Waals surface area contributed by atoms with Crippen LogP contribution in [0.5, 0.6) is 0 Å². The SMILES string of the molecule is CCCn1cc(-c2nc(-c3ccc(SC)cc3)no2)c(=O)c2cc(C)ccc21. The summed E-state index contributed by atoms with van der Waals surface area (Å²) in [6, 6.07) is 13.9. The van der Waals surface area contributed by atoms with Crippen molar-refractivity contribution in [2.24, 2.45) is 0 Å². The fourth-order valence-corrected chi connectivity index (χ4v) is 3.69. The molecule has 2 heterocycles. The van der Waals surface area contributed by atoms with Crippen molar-refractivity contribution in [1.82, 2.24) is 14.7 Å². The summed E-state index contributed by atoms with van der Waals surface area (Å²) in [6.45, 7) is 4.91. The van der Waals surface area contributed by atoms with E-state index in [1.165, 1.54) is 4.90 Å². The van der Waals surface area contributed by atoms with Crippen LogP contribution >= 0.6 is 11.8 Å². The molecule has 28 heavy (non-hydrogen) atoms. The summed E-state index contributed by atoms with van der Waals surface area (Å²) in [5.74, 6) is 0.732. The van der Waals surface area contributed by atoms with E-state index in [0.29, 0.717) is 16.8 Å². The molecule has 0 saturated carbocycles. The van der Waals surface area contributed by atoms with Crippen molar-refractivity contribution in [3.63, 3.8) is 0 Å². The number of pyridine rings is 1. The summed E-state index contributed by atoms with van der Waals surface area (Å²) in [5.41, 5.74) is 3.18. The monoisotopic (exact) mass is 391 g/mol. The molecule has 5 nitrogen and oxygen atoms in total. The van der Waals surface area contributed by atoms with Crippen LogP contribution < -0.4 is 5.43 Å². The normalized spacial score (nSPS) is 11.2. The highest BCUT2D eigenvalue weighted by Gasteiger charge is 2.17. The Labute approximate surface area is 167 Å². The first-order chi connectivity index (χ1) is 13.6. The van der Waals surface area contributed by atoms with Gasteiger partial charge in [0.15, 0.2) is 0 Å². The molecule has 0 saturated heterocycles. The summed E-state index contributed by atoms with van der Waals surface area (Å²) in [6.07, 6.45) is 4.82. The summed E-state index contributed by atoms with van der Waals surface area (Å²) in [5, 5.41) is 4.77. The highest BCUT2D eigenvalue weighted by atomic mass is 32.2. The van der Waals surface area contributed by atoms with Crippen molar-refractivity contribution < 1.29 is 4.52 Å². The number of hydrogen-bond acceptors (Lipinski definition) is 5. The second-order valence-electron chi connectivity index (χ2n) is 6.74. The minimum absolute atomic E-state index is 0.0843. The Morgan fingerprint density at radius 2 is 1.93 bits per heavy atom. The van der Waals surface area contributed by atoms with Crippen LogP contribution in [0.4, 0.5) is 0 Å². The molecule has 0 aliphatic rings. The van der Waals surface area contributed by atoms with Gasteiger partial charge >= 0.3 is 0 Å². The van der Waals surface area contributed by atoms with Crippen LogP contribution in [0.2, 0.25) is 0 Å². The summed E-state index contributed by atoms with van der Waals surface area (Å²) < 4.78 is 7.56. The van der Waals surface area contributed by atoms with Gasteiger partial charge in [-0.3, -0.25) is 4.79 Å². The second-order valence-corrected chi connectivity index (χ2v) is 7.62. The number of rotatable bonds is 5. The number of nitrogens with zero attached hydrogens (tertiary/aromatic N) is 3. The van der Waals surface area contributed by atoms with Crippen molar-refractivity contribution >= 4 is 22.7 Å². The fourth-order valence-electron chi connectivity index (χ4n) is 3.28. The third-order valence-corrected chi connectivity index (χ3v) is 5.45. The maximum atomic E-state index is 13.1. The molecule has 6 heteroatoms. The van der Waals surface area contributed by atoms with E-state index in [-0.39, 0.29) is 11.3 Å². The van der Waals surface area contributed by atoms with E-state index < -0.39 is 0 Å². The van der Waals surface area contributed by atoms with Crippen molar-refractivity contribution in [1.29, 1.82) is 0 Å². The van der Waals surface area contributed by atoms with Crippen molar-refractivity contribution in [3.8, 4) is 22.8 Å². The highest BCUT2D eigenvalue weighted by Crippen LogP contribution is 2.25. The van der Waals surface area contributed by atoms with Crippen LogP contribution in [0.25, 0.3) is 33.7 Å². The zero-order valence-electron chi connectivity index (χ0n) is 16.1. The molecular formula is C22H21N3O2S. The lowest BCUT2D eigenvalue weighted by molar-refractivity contribution is 0.431. The minimum atomic E-state index is -0.0843. The average molecular weight is 391 g/mol. The molecule has 142 valence electrons. The lowest BCUT2D eigenvalue weighted by atomic mass is 10.1. The van der Waals surface area contributed by atoms with Crippen LogP contribution in [0.15, 0.2) is 62.9 Å². The van der Waals surface area contributed by atoms with E-state index in [2.05, 4.69) is 21.6 Å². The molecule has 0 atom stereocenters. The molecule has 0 fully saturated rings. The van der Waals surface area contributed by atoms with Gasteiger partial charge in [-0.2, -0.15) is 4.98 Å². The first kappa shape index (κ1) is 18.5. The first-order valence-corrected chi connectivity index (χ1v) is 10.5. The van der Waals surface area contributed by atoms with Gasteiger partial charge in [0.2, 0.25) is 11.3 Å². The van der Waals surface area contributed by atoms with Gasteiger partial charge in [-0.25, -0.2) is 0 Å². The molecular weight excluding hydrogens is 370 g/mol. The Morgan fingerprint density at radius 3 is 2.64 bits per heavy atom. The standard InChI is InChI=1S/C22H21N3O2S/c1-4-11-25-13-18(20(26)17-12-14(2)5-10-19(17)25)22-23-21(24-27-22)15-6-8-16(28-3)9-7-15/h5-10,12-13H,4,11H2,1-3H3. The number of aromatic nitrogens is 3. The van der Waals surface area contributed by atoms with Crippen LogP contribution in [-0.2, 0) is 6.54 Å². The molecule has 0 amide bonds. The van der Waals surface area contributed by atoms with Gasteiger partial charge in [-0.1, -0.05) is 23.7 Å². The van der Waals surface area contributed by atoms with Gasteiger partial charge in [0.05, 0.1) is 5.52 Å². The number of thioether (sulfide) groups is 1. The summed E-state index contributed by atoms with van der Waals surface area (Å²) >= 11 is 1.68. The van der Waals surface area contributed by atoms with Crippen molar-refractivity contribution in [3.05, 3.63) is 64.4 Å². The van der Waals surface area contributed by atoms with Gasteiger partial charge in [0.1, 0.15) is 5.56 Å². The second kappa shape index (κ2) is 7.64. The highest BCUT2D eigenvalue weighted by molar-refractivity contribution is 7.98. The van der Waals surface area contributed by atoms with Gasteiger partial charge in [-0.05, 0) is 56.0 Å². The van der Waals surface area contributed by atoms with Gasteiger partial charge < -0.3 is 9.09 Å². The molecule has 0 unspecified atom stereocenters. The molecule has 0 radical (unpaired) electrons. The Hall–Kier alpha value is -2.86. The van der Waals surface area contributed by atoms with E-state index in [1.54, 1.807) is 11.8 Å². The number of benzene rings is 2. The van der Waals surface area contributed by atoms with Crippen LogP contribution in [0.1, 0.15) is 18.9 Å². The lowest BCUT2D eigenvalue weighted by Gasteiger charge is -2.11. The van der Waals surface area contributed by atoms with Gasteiger partial charge in [-0.15, -0.1) is 11.8 Å². The Morgan fingerprint density at radius 1 is 1.14 bits per heavy atom. The van der Waals surface area contributed by atoms with Crippen molar-refractivity contribution in [2.75, 3.05) is 6.26 Å². The number of aryl methyl sites for hydroxylation is 2. The van der Waals surface area contributed by atoms with E-state index in [4.69, 9.17) is 4.52 Å². The number of fused-ring (bicyclic) bond motifs is 1. The zero-order chi connectivity index (χ0) is 19.7. The largest absolute Gasteiger partial charge is 0.346 e. The molecule has 0 aliphatic heterocycles. The van der Waals surface area contributed by atoms with E-state index >= 15 is 0 Å². The molecule has 0 N–H and O–H groups in total. The van der Waals surface area contributed by atoms with Crippen LogP contribution in [0.3, 0.4) is 0 Å². The predicted octanol–water partition coefficient (Wildman–Crippen LogP) is 5.16. The Kier molecular flexibility index (Phi) is 5.05. The van der Waals surface area contributed by atoms with Gasteiger partial charge in [0, 0.05) is 28.6 Å². The Bertz CT molecular complexity index is 1190. The molecule has 2 aromatic carbocycles. The van der Waals surface area contributed by atoms with Crippen molar-refractivity contribution in [2.45, 2.75) is 31.7 Å². The van der Waals surface area contributed by atoms with Crippen LogP contribution in [-0.4, -0.2) is 21.0 Å². The summed E-state index contributed by atoms with van der Waals surface area (Å²) in [7, 11) is 0. The predicted molar refractivity (Wildman–Crippen MR) is 114 cm³/mol. The summed E-state index contributed by atoms with van der Waals surface area (Å²) in [4.78, 5) is 18.8. The fraction of sp³-hybridized carbons (Fsp3) is 0.227. The molecule has 4 rings (SSSR count).